The third kappa shape index (κ3) is 2.45. The van der Waals surface area contributed by atoms with Gasteiger partial charge in [-0.2, -0.15) is 17.4 Å². The molecule has 0 aliphatic carbocycles. The molecule has 0 aromatic heterocycles. The lowest BCUT2D eigenvalue weighted by molar-refractivity contribution is 0.169. The number of carbonyl (C=O) groups is 1. The zero-order chi connectivity index (χ0) is 9.90. The van der Waals surface area contributed by atoms with Crippen LogP contribution in [-0.2, 0) is 14.9 Å². The Kier molecular flexibility index (Phi) is 3.34. The van der Waals surface area contributed by atoms with Crippen molar-refractivity contribution in [3.8, 4) is 0 Å². The standard InChI is InChI=1S/C5H9ClN2O4S/c6-1-2-7-13(10,11)8-3-4-12-5(8)9/h7H,1-4H2. The van der Waals surface area contributed by atoms with Crippen LogP contribution in [0.3, 0.4) is 0 Å². The highest BCUT2D eigenvalue weighted by atomic mass is 35.5. The molecule has 6 nitrogen and oxygen atoms in total. The summed E-state index contributed by atoms with van der Waals surface area (Å²) in [6.45, 7) is 0.241. The average molecular weight is 229 g/mol. The van der Waals surface area contributed by atoms with E-state index >= 15 is 0 Å². The van der Waals surface area contributed by atoms with Crippen molar-refractivity contribution in [1.82, 2.24) is 9.03 Å². The van der Waals surface area contributed by atoms with E-state index in [1.165, 1.54) is 0 Å². The topological polar surface area (TPSA) is 75.7 Å². The van der Waals surface area contributed by atoms with Gasteiger partial charge in [0.2, 0.25) is 0 Å². The van der Waals surface area contributed by atoms with Gasteiger partial charge < -0.3 is 4.74 Å². The summed E-state index contributed by atoms with van der Waals surface area (Å²) in [6.07, 6.45) is -0.845. The van der Waals surface area contributed by atoms with Crippen molar-refractivity contribution in [2.24, 2.45) is 0 Å². The van der Waals surface area contributed by atoms with Crippen LogP contribution in [0.5, 0.6) is 0 Å². The van der Waals surface area contributed by atoms with Gasteiger partial charge in [0.15, 0.2) is 0 Å². The third-order valence-corrected chi connectivity index (χ3v) is 3.06. The summed E-state index contributed by atoms with van der Waals surface area (Å²) in [4.78, 5) is 10.8. The molecule has 1 fully saturated rings. The summed E-state index contributed by atoms with van der Waals surface area (Å²) in [7, 11) is -3.75. The van der Waals surface area contributed by atoms with Gasteiger partial charge in [-0.05, 0) is 0 Å². The molecule has 1 amide bonds. The van der Waals surface area contributed by atoms with E-state index in [1.807, 2.05) is 0 Å². The second kappa shape index (κ2) is 4.12. The number of hydrogen-bond acceptors (Lipinski definition) is 4. The number of hydrogen-bond donors (Lipinski definition) is 1. The van der Waals surface area contributed by atoms with Crippen LogP contribution in [0.25, 0.3) is 0 Å². The summed E-state index contributed by atoms with van der Waals surface area (Å²) in [5, 5.41) is 0. The van der Waals surface area contributed by atoms with Gasteiger partial charge in [0, 0.05) is 12.4 Å². The lowest BCUT2D eigenvalue weighted by Gasteiger charge is -2.12. The number of rotatable bonds is 4. The first-order chi connectivity index (χ1) is 6.08. The largest absolute Gasteiger partial charge is 0.447 e. The van der Waals surface area contributed by atoms with Crippen molar-refractivity contribution >= 4 is 27.9 Å². The molecule has 76 valence electrons. The second-order valence-electron chi connectivity index (χ2n) is 2.27. The minimum atomic E-state index is -3.75. The highest BCUT2D eigenvalue weighted by molar-refractivity contribution is 7.87. The molecule has 1 heterocycles. The van der Waals surface area contributed by atoms with Crippen molar-refractivity contribution in [2.75, 3.05) is 25.6 Å². The van der Waals surface area contributed by atoms with Crippen LogP contribution in [0.15, 0.2) is 0 Å². The van der Waals surface area contributed by atoms with E-state index in [0.29, 0.717) is 4.31 Å². The molecule has 1 saturated heterocycles. The molecule has 0 aromatic carbocycles. The van der Waals surface area contributed by atoms with E-state index in [1.54, 1.807) is 0 Å². The first kappa shape index (κ1) is 10.6. The first-order valence-corrected chi connectivity index (χ1v) is 5.55. The Morgan fingerprint density at radius 2 is 2.31 bits per heavy atom. The van der Waals surface area contributed by atoms with Crippen LogP contribution in [0.2, 0.25) is 0 Å². The van der Waals surface area contributed by atoms with Crippen LogP contribution < -0.4 is 4.72 Å². The maximum absolute atomic E-state index is 11.3. The minimum absolute atomic E-state index is 0.0520. The fourth-order valence-corrected chi connectivity index (χ4v) is 2.13. The molecule has 0 radical (unpaired) electrons. The molecule has 0 aromatic rings. The van der Waals surface area contributed by atoms with Gasteiger partial charge >= 0.3 is 16.3 Å². The molecule has 0 saturated carbocycles. The zero-order valence-corrected chi connectivity index (χ0v) is 8.27. The number of nitrogens with zero attached hydrogens (tertiary/aromatic N) is 1. The van der Waals surface area contributed by atoms with E-state index < -0.39 is 16.3 Å². The number of ether oxygens (including phenoxy) is 1. The number of carbonyl (C=O) groups excluding carboxylic acids is 1. The van der Waals surface area contributed by atoms with Gasteiger partial charge in [-0.1, -0.05) is 0 Å². The Morgan fingerprint density at radius 3 is 2.77 bits per heavy atom. The van der Waals surface area contributed by atoms with Crippen molar-refractivity contribution in [3.63, 3.8) is 0 Å². The smallest absolute Gasteiger partial charge is 0.424 e. The predicted octanol–water partition coefficient (Wildman–Crippen LogP) is -0.488. The summed E-state index contributed by atoms with van der Waals surface area (Å²) in [5.41, 5.74) is 0. The first-order valence-electron chi connectivity index (χ1n) is 3.58. The monoisotopic (exact) mass is 228 g/mol. The number of alkyl halides is 1. The van der Waals surface area contributed by atoms with E-state index in [4.69, 9.17) is 11.6 Å². The van der Waals surface area contributed by atoms with Crippen LogP contribution in [-0.4, -0.2) is 44.4 Å². The second-order valence-corrected chi connectivity index (χ2v) is 4.33. The Labute approximate surface area is 81.0 Å². The minimum Gasteiger partial charge on any atom is -0.447 e. The van der Waals surface area contributed by atoms with Gasteiger partial charge in [-0.3, -0.25) is 0 Å². The average Bonchev–Trinajstić information content (AvgIpc) is 2.48. The molecule has 1 aliphatic rings. The van der Waals surface area contributed by atoms with Crippen molar-refractivity contribution < 1.29 is 17.9 Å². The molecular formula is C5H9ClN2O4S. The van der Waals surface area contributed by atoms with Gasteiger partial charge in [0.1, 0.15) is 6.61 Å². The molecule has 1 N–H and O–H groups in total. The van der Waals surface area contributed by atoms with Crippen LogP contribution >= 0.6 is 11.6 Å². The molecule has 13 heavy (non-hydrogen) atoms. The fourth-order valence-electron chi connectivity index (χ4n) is 0.843. The fraction of sp³-hybridized carbons (Fsp3) is 0.800. The summed E-state index contributed by atoms with van der Waals surface area (Å²) in [5.74, 6) is 0.155. The number of cyclic esters (lactones) is 1. The third-order valence-electron chi connectivity index (χ3n) is 1.39. The van der Waals surface area contributed by atoms with Crippen molar-refractivity contribution in [1.29, 1.82) is 0 Å². The maximum atomic E-state index is 11.3. The van der Waals surface area contributed by atoms with E-state index in [0.717, 1.165) is 0 Å². The Balaban J connectivity index is 2.63. The Hall–Kier alpha value is -0.530. The van der Waals surface area contributed by atoms with Crippen LogP contribution in [0.1, 0.15) is 0 Å². The van der Waals surface area contributed by atoms with Crippen molar-refractivity contribution in [3.05, 3.63) is 0 Å². The SMILES string of the molecule is O=C1OCCN1S(=O)(=O)NCCCl. The molecule has 1 rings (SSSR count). The summed E-state index contributed by atoms with van der Waals surface area (Å²) >= 11 is 5.29. The van der Waals surface area contributed by atoms with Crippen molar-refractivity contribution in [2.45, 2.75) is 0 Å². The van der Waals surface area contributed by atoms with E-state index in [9.17, 15) is 13.2 Å². The van der Waals surface area contributed by atoms with Gasteiger partial charge in [-0.15, -0.1) is 11.6 Å². The molecule has 0 bridgehead atoms. The summed E-state index contributed by atoms with van der Waals surface area (Å²) in [6, 6.07) is 0. The van der Waals surface area contributed by atoms with Gasteiger partial charge in [0.05, 0.1) is 6.54 Å². The normalized spacial score (nSPS) is 17.6. The molecule has 0 unspecified atom stereocenters. The highest BCUT2D eigenvalue weighted by Crippen LogP contribution is 2.07. The zero-order valence-electron chi connectivity index (χ0n) is 6.69. The predicted molar refractivity (Wildman–Crippen MR) is 45.7 cm³/mol. The molecule has 0 atom stereocenters. The molecular weight excluding hydrogens is 220 g/mol. The maximum Gasteiger partial charge on any atom is 0.424 e. The molecule has 1 aliphatic heterocycles. The van der Waals surface area contributed by atoms with Crippen LogP contribution in [0, 0.1) is 0 Å². The highest BCUT2D eigenvalue weighted by Gasteiger charge is 2.32. The number of amides is 1. The number of nitrogens with one attached hydrogen (secondary N) is 1. The quantitative estimate of drug-likeness (QED) is 0.659. The Morgan fingerprint density at radius 1 is 1.62 bits per heavy atom. The van der Waals surface area contributed by atoms with E-state index in [2.05, 4.69) is 9.46 Å². The molecule has 8 heteroatoms. The van der Waals surface area contributed by atoms with Crippen LogP contribution in [0.4, 0.5) is 4.79 Å². The lowest BCUT2D eigenvalue weighted by Crippen LogP contribution is -2.41. The number of halogens is 1. The Bertz CT molecular complexity index is 291. The lowest BCUT2D eigenvalue weighted by atomic mass is 10.7. The molecule has 0 spiro atoms. The van der Waals surface area contributed by atoms with E-state index in [-0.39, 0.29) is 25.6 Å². The summed E-state index contributed by atoms with van der Waals surface area (Å²) < 4.78 is 29.8. The van der Waals surface area contributed by atoms with Gasteiger partial charge in [0.25, 0.3) is 0 Å². The van der Waals surface area contributed by atoms with Gasteiger partial charge in [-0.25, -0.2) is 4.79 Å².